The van der Waals surface area contributed by atoms with Crippen LogP contribution in [0.15, 0.2) is 60.5 Å². The third-order valence-electron chi connectivity index (χ3n) is 4.90. The van der Waals surface area contributed by atoms with Crippen LogP contribution >= 0.6 is 0 Å². The zero-order valence-corrected chi connectivity index (χ0v) is 19.9. The molecule has 8 heteroatoms. The first-order valence-corrected chi connectivity index (χ1v) is 13.4. The van der Waals surface area contributed by atoms with Crippen molar-refractivity contribution in [2.75, 3.05) is 26.6 Å². The van der Waals surface area contributed by atoms with E-state index in [1.807, 2.05) is 24.3 Å². The van der Waals surface area contributed by atoms with Crippen molar-refractivity contribution in [3.05, 3.63) is 66.1 Å². The van der Waals surface area contributed by atoms with Crippen LogP contribution in [0.5, 0.6) is 5.75 Å². The van der Waals surface area contributed by atoms with Gasteiger partial charge in [-0.3, -0.25) is 9.59 Å². The Morgan fingerprint density at radius 3 is 2.10 bits per heavy atom. The molecule has 0 fully saturated rings. The zero-order valence-electron chi connectivity index (χ0n) is 18.9. The number of benzene rings is 2. The Morgan fingerprint density at radius 2 is 1.61 bits per heavy atom. The van der Waals surface area contributed by atoms with E-state index >= 15 is 0 Å². The average Bonchev–Trinajstić information content (AvgIpc) is 2.73. The van der Waals surface area contributed by atoms with Gasteiger partial charge in [0, 0.05) is 12.7 Å². The van der Waals surface area contributed by atoms with Crippen LogP contribution < -0.4 is 21.0 Å². The second-order valence-electron chi connectivity index (χ2n) is 8.22. The Kier molecular flexibility index (Phi) is 7.87. The predicted molar refractivity (Wildman–Crippen MR) is 126 cm³/mol. The summed E-state index contributed by atoms with van der Waals surface area (Å²) >= 11 is 0. The molecule has 2 aromatic carbocycles. The molecule has 31 heavy (non-hydrogen) atoms. The molecule has 0 aromatic heterocycles. The van der Waals surface area contributed by atoms with Crippen LogP contribution in [0.1, 0.15) is 11.6 Å². The summed E-state index contributed by atoms with van der Waals surface area (Å²) in [6.07, 6.45) is 1.15. The smallest absolute Gasteiger partial charge is 0.273 e. The van der Waals surface area contributed by atoms with Gasteiger partial charge in [-0.15, -0.1) is 0 Å². The average molecular weight is 442 g/mol. The molecule has 2 aromatic rings. The van der Waals surface area contributed by atoms with E-state index in [-0.39, 0.29) is 11.6 Å². The minimum absolute atomic E-state index is 0.101. The molecule has 2 rings (SSSR count). The van der Waals surface area contributed by atoms with Gasteiger partial charge in [0.2, 0.25) is 0 Å². The van der Waals surface area contributed by atoms with E-state index in [2.05, 4.69) is 25.0 Å². The van der Waals surface area contributed by atoms with E-state index in [1.54, 1.807) is 31.4 Å². The molecule has 0 aliphatic heterocycles. The first-order chi connectivity index (χ1) is 14.6. The third-order valence-corrected chi connectivity index (χ3v) is 6.96. The van der Waals surface area contributed by atoms with Crippen LogP contribution in [0.4, 0.5) is 5.69 Å². The summed E-state index contributed by atoms with van der Waals surface area (Å²) < 4.78 is 10.0. The van der Waals surface area contributed by atoms with Crippen LogP contribution in [0.3, 0.4) is 0 Å². The molecule has 0 aliphatic rings. The molecule has 0 saturated carbocycles. The molecule has 1 unspecified atom stereocenters. The first kappa shape index (κ1) is 24.0. The van der Waals surface area contributed by atoms with Crippen LogP contribution in [0, 0.1) is 0 Å². The van der Waals surface area contributed by atoms with Crippen molar-refractivity contribution >= 4 is 30.8 Å². The summed E-state index contributed by atoms with van der Waals surface area (Å²) in [4.78, 5) is 27.3. The first-order valence-electron chi connectivity index (χ1n) is 9.89. The number of ether oxygens (including phenoxy) is 2. The maximum atomic E-state index is 13.3. The largest absolute Gasteiger partial charge is 0.502 e. The number of amides is 2. The van der Waals surface area contributed by atoms with Crippen molar-refractivity contribution in [1.82, 2.24) is 4.90 Å². The van der Waals surface area contributed by atoms with Gasteiger partial charge in [-0.05, 0) is 29.8 Å². The van der Waals surface area contributed by atoms with Crippen LogP contribution in [-0.2, 0) is 14.3 Å². The van der Waals surface area contributed by atoms with Crippen LogP contribution in [-0.4, -0.2) is 46.1 Å². The summed E-state index contributed by atoms with van der Waals surface area (Å²) in [5.74, 6) is -0.225. The number of hydrogen-bond donors (Lipinski definition) is 2. The standard InChI is InChI=1S/C23H31N3O4Si/c1-26(23(28)20(24)15-29-2)21(16-7-11-18(30-3)12-8-16)22(27)25-17-9-13-19(14-10-17)31(4,5)6/h7-15,21H,24H2,1-6H3,(H,25,27)/b20-15-. The molecular formula is C23H31N3O4Si. The molecule has 0 bridgehead atoms. The number of methoxy groups -OCH3 is 2. The van der Waals surface area contributed by atoms with E-state index in [0.717, 1.165) is 6.26 Å². The molecular weight excluding hydrogens is 410 g/mol. The lowest BCUT2D eigenvalue weighted by atomic mass is 10.0. The lowest BCUT2D eigenvalue weighted by Crippen LogP contribution is -2.41. The van der Waals surface area contributed by atoms with Gasteiger partial charge in [-0.1, -0.05) is 49.1 Å². The summed E-state index contributed by atoms with van der Waals surface area (Å²) in [5, 5.41) is 4.21. The number of likely N-dealkylation sites (N-methyl/N-ethyl adjacent to an activating group) is 1. The highest BCUT2D eigenvalue weighted by molar-refractivity contribution is 6.88. The number of hydrogen-bond acceptors (Lipinski definition) is 5. The second-order valence-corrected chi connectivity index (χ2v) is 13.3. The highest BCUT2D eigenvalue weighted by Gasteiger charge is 2.30. The molecule has 7 nitrogen and oxygen atoms in total. The molecule has 0 heterocycles. The van der Waals surface area contributed by atoms with Gasteiger partial charge in [0.15, 0.2) is 0 Å². The Bertz CT molecular complexity index is 935. The molecule has 166 valence electrons. The van der Waals surface area contributed by atoms with Gasteiger partial charge in [0.1, 0.15) is 23.8 Å². The summed E-state index contributed by atoms with van der Waals surface area (Å²) in [6, 6.07) is 13.9. The molecule has 0 spiro atoms. The molecule has 1 atom stereocenters. The quantitative estimate of drug-likeness (QED) is 0.373. The Labute approximate surface area is 184 Å². The maximum Gasteiger partial charge on any atom is 0.273 e. The molecule has 2 amide bonds. The van der Waals surface area contributed by atoms with Crippen molar-refractivity contribution in [1.29, 1.82) is 0 Å². The Morgan fingerprint density at radius 1 is 1.03 bits per heavy atom. The number of nitrogens with zero attached hydrogens (tertiary/aromatic N) is 1. The molecule has 0 aliphatic carbocycles. The van der Waals surface area contributed by atoms with Crippen molar-refractivity contribution in [2.45, 2.75) is 25.7 Å². The highest BCUT2D eigenvalue weighted by Crippen LogP contribution is 2.25. The third kappa shape index (κ3) is 6.11. The second kappa shape index (κ2) is 10.2. The maximum absolute atomic E-state index is 13.3. The Hall–Kier alpha value is -3.26. The Balaban J connectivity index is 2.35. The fraction of sp³-hybridized carbons (Fsp3) is 0.304. The number of nitrogens with two attached hydrogens (primary N) is 1. The van der Waals surface area contributed by atoms with E-state index < -0.39 is 20.0 Å². The van der Waals surface area contributed by atoms with Crippen molar-refractivity contribution in [2.24, 2.45) is 5.73 Å². The fourth-order valence-electron chi connectivity index (χ4n) is 3.10. The van der Waals surface area contributed by atoms with Crippen LogP contribution in [0.2, 0.25) is 19.6 Å². The topological polar surface area (TPSA) is 93.9 Å². The molecule has 0 saturated heterocycles. The van der Waals surface area contributed by atoms with E-state index in [9.17, 15) is 9.59 Å². The lowest BCUT2D eigenvalue weighted by molar-refractivity contribution is -0.134. The van der Waals surface area contributed by atoms with E-state index in [1.165, 1.54) is 24.2 Å². The normalized spacial score (nSPS) is 12.6. The summed E-state index contributed by atoms with van der Waals surface area (Å²) in [7, 11) is 3.05. The van der Waals surface area contributed by atoms with E-state index in [4.69, 9.17) is 15.2 Å². The van der Waals surface area contributed by atoms with Crippen molar-refractivity contribution in [3.63, 3.8) is 0 Å². The number of nitrogens with one attached hydrogen (secondary N) is 1. The van der Waals surface area contributed by atoms with Crippen LogP contribution in [0.25, 0.3) is 0 Å². The van der Waals surface area contributed by atoms with Crippen molar-refractivity contribution in [3.8, 4) is 5.75 Å². The number of anilines is 1. The van der Waals surface area contributed by atoms with E-state index in [0.29, 0.717) is 17.0 Å². The molecule has 3 N–H and O–H groups in total. The van der Waals surface area contributed by atoms with Gasteiger partial charge in [-0.2, -0.15) is 0 Å². The zero-order chi connectivity index (χ0) is 23.2. The highest BCUT2D eigenvalue weighted by atomic mass is 28.3. The van der Waals surface area contributed by atoms with Gasteiger partial charge in [0.05, 0.1) is 22.3 Å². The number of rotatable bonds is 8. The SMILES string of the molecule is CO/C=C(\N)C(=O)N(C)C(C(=O)Nc1ccc([Si](C)(C)C)cc1)c1ccc(OC)cc1. The number of carbonyl (C=O) groups is 2. The molecule has 0 radical (unpaired) electrons. The predicted octanol–water partition coefficient (Wildman–Crippen LogP) is 2.83. The van der Waals surface area contributed by atoms with Crippen molar-refractivity contribution < 1.29 is 19.1 Å². The minimum Gasteiger partial charge on any atom is -0.502 e. The summed E-state index contributed by atoms with van der Waals surface area (Å²) in [6.45, 7) is 6.79. The lowest BCUT2D eigenvalue weighted by Gasteiger charge is -2.28. The number of carbonyl (C=O) groups excluding carboxylic acids is 2. The monoisotopic (exact) mass is 441 g/mol. The fourth-order valence-corrected chi connectivity index (χ4v) is 4.27. The van der Waals surface area contributed by atoms with Gasteiger partial charge >= 0.3 is 0 Å². The van der Waals surface area contributed by atoms with Gasteiger partial charge < -0.3 is 25.4 Å². The van der Waals surface area contributed by atoms with Gasteiger partial charge in [0.25, 0.3) is 11.8 Å². The van der Waals surface area contributed by atoms with Gasteiger partial charge in [-0.25, -0.2) is 0 Å². The summed E-state index contributed by atoms with van der Waals surface area (Å²) in [5.41, 5.74) is 6.98. The minimum atomic E-state index is -1.44.